The number of amides is 7. The van der Waals surface area contributed by atoms with Crippen molar-refractivity contribution in [1.29, 1.82) is 0 Å². The quantitative estimate of drug-likeness (QED) is 0.0413. The molecule has 34 heteroatoms. The number of nitrogens with one attached hydrogen (secondary N) is 6. The average molecular weight is 1720 g/mol. The highest BCUT2D eigenvalue weighted by Crippen LogP contribution is 2.35. The lowest BCUT2D eigenvalue weighted by molar-refractivity contribution is -0.132. The van der Waals surface area contributed by atoms with Crippen LogP contribution in [0.5, 0.6) is 0 Å². The van der Waals surface area contributed by atoms with E-state index in [1.54, 1.807) is 103 Å². The monoisotopic (exact) mass is 1720 g/mol. The van der Waals surface area contributed by atoms with E-state index in [0.717, 1.165) is 92.7 Å². The predicted molar refractivity (Wildman–Crippen MR) is 473 cm³/mol. The van der Waals surface area contributed by atoms with Crippen LogP contribution in [0, 0.1) is 17.8 Å². The molecule has 11 heterocycles. The first-order valence-electron chi connectivity index (χ1n) is 40.4. The number of hydrogen-bond acceptors (Lipinski definition) is 25. The first kappa shape index (κ1) is 90.2. The maximum absolute atomic E-state index is 12.4. The zero-order valence-corrected chi connectivity index (χ0v) is 70.5. The van der Waals surface area contributed by atoms with Crippen LogP contribution < -0.4 is 31.9 Å². The second kappa shape index (κ2) is 45.2. The van der Waals surface area contributed by atoms with Crippen molar-refractivity contribution in [2.45, 2.75) is 45.4 Å². The molecule has 3 aliphatic rings. The Labute approximate surface area is 726 Å². The van der Waals surface area contributed by atoms with Crippen LogP contribution in [-0.2, 0) is 34.0 Å². The molecule has 17 rings (SSSR count). The summed E-state index contributed by atoms with van der Waals surface area (Å²) in [5.74, 6) is 0.956. The van der Waals surface area contributed by atoms with Gasteiger partial charge in [-0.3, -0.25) is 75.4 Å². The Morgan fingerprint density at radius 2 is 0.667 bits per heavy atom. The van der Waals surface area contributed by atoms with E-state index < -0.39 is 10.0 Å². The summed E-state index contributed by atoms with van der Waals surface area (Å²) < 4.78 is 55.3. The van der Waals surface area contributed by atoms with Crippen LogP contribution in [0.4, 0.5) is 35.3 Å². The molecule has 0 atom stereocenters. The highest BCUT2D eigenvalue weighted by atomic mass is 32.2. The molecule has 6 N–H and O–H groups in total. The zero-order valence-electron chi connectivity index (χ0n) is 69.7. The minimum absolute atomic E-state index is 0.0250. The van der Waals surface area contributed by atoms with Crippen LogP contribution in [0.3, 0.4) is 0 Å². The molecule has 0 saturated carbocycles. The van der Waals surface area contributed by atoms with Gasteiger partial charge in [0.1, 0.15) is 5.69 Å². The smallest absolute Gasteiger partial charge is 0.276 e. The number of pyridine rings is 2. The van der Waals surface area contributed by atoms with E-state index in [9.17, 15) is 42.0 Å². The second-order valence-electron chi connectivity index (χ2n) is 29.5. The number of carbonyl (C=O) groups is 7. The third-order valence-electron chi connectivity index (χ3n) is 20.3. The van der Waals surface area contributed by atoms with Crippen molar-refractivity contribution >= 4 is 86.7 Å². The van der Waals surface area contributed by atoms with Gasteiger partial charge in [0.25, 0.3) is 11.8 Å². The Bertz CT molecular complexity index is 5770. The van der Waals surface area contributed by atoms with Crippen molar-refractivity contribution < 1.29 is 69.1 Å². The first-order chi connectivity index (χ1) is 61.2. The van der Waals surface area contributed by atoms with Gasteiger partial charge in [0.05, 0.1) is 83.4 Å². The number of sulfonamides is 1. The number of hydrogen-bond donors (Lipinski definition) is 6. The molecule has 0 aliphatic carbocycles. The maximum atomic E-state index is 12.4. The molecule has 14 aromatic rings. The van der Waals surface area contributed by atoms with Crippen LogP contribution in [0.25, 0.3) is 66.8 Å². The minimum atomic E-state index is -3.19. The van der Waals surface area contributed by atoms with Gasteiger partial charge < -0.3 is 41.8 Å². The van der Waals surface area contributed by atoms with E-state index in [1.807, 2.05) is 196 Å². The van der Waals surface area contributed by atoms with Crippen molar-refractivity contribution in [1.82, 2.24) is 59.9 Å². The molecule has 3 fully saturated rings. The molecule has 8 aromatic heterocycles. The number of benzene rings is 6. The topological polar surface area (TPSA) is 421 Å². The number of nitrogens with zero attached hydrogens (tertiary/aromatic N) is 12. The fourth-order valence-corrected chi connectivity index (χ4v) is 14.4. The normalized spacial score (nSPS) is 13.6. The van der Waals surface area contributed by atoms with Crippen LogP contribution in [-0.4, -0.2) is 183 Å². The van der Waals surface area contributed by atoms with Gasteiger partial charge in [-0.05, 0) is 130 Å². The van der Waals surface area contributed by atoms with E-state index >= 15 is 0 Å². The number of likely N-dealkylation sites (tertiary alicyclic amines) is 2. The fourth-order valence-electron chi connectivity index (χ4n) is 13.5. The van der Waals surface area contributed by atoms with Gasteiger partial charge in [-0.25, -0.2) is 12.7 Å². The number of likely N-dealkylation sites (N-methyl/N-ethyl adjacent to an activating group) is 1. The second-order valence-corrected chi connectivity index (χ2v) is 31.5. The van der Waals surface area contributed by atoms with Crippen LogP contribution in [0.15, 0.2) is 295 Å². The third-order valence-corrected chi connectivity index (χ3v) is 21.6. The molecule has 0 bridgehead atoms. The molecule has 3 aliphatic heterocycles. The summed E-state index contributed by atoms with van der Waals surface area (Å²) in [5.41, 5.74) is 11.0. The molecule has 648 valence electrons. The summed E-state index contributed by atoms with van der Waals surface area (Å²) in [5, 5.41) is 39.2. The largest absolute Gasteiger partial charge is 0.343 e. The van der Waals surface area contributed by atoms with Crippen molar-refractivity contribution in [2.75, 3.05) is 105 Å². The Balaban J connectivity index is 0.000000138. The van der Waals surface area contributed by atoms with Crippen molar-refractivity contribution in [2.24, 2.45) is 17.8 Å². The Morgan fingerprint density at radius 1 is 0.373 bits per heavy atom. The van der Waals surface area contributed by atoms with Crippen LogP contribution in [0.2, 0.25) is 0 Å². The van der Waals surface area contributed by atoms with E-state index in [-0.39, 0.29) is 59.1 Å². The zero-order chi connectivity index (χ0) is 88.6. The van der Waals surface area contributed by atoms with Gasteiger partial charge in [-0.1, -0.05) is 219 Å². The Morgan fingerprint density at radius 3 is 0.968 bits per heavy atom. The van der Waals surface area contributed by atoms with Crippen LogP contribution >= 0.6 is 0 Å². The molecule has 7 amide bonds. The van der Waals surface area contributed by atoms with E-state index in [4.69, 9.17) is 27.1 Å². The van der Waals surface area contributed by atoms with E-state index in [2.05, 4.69) is 84.8 Å². The molecular weight excluding hydrogens is 1630 g/mol. The summed E-state index contributed by atoms with van der Waals surface area (Å²) in [6.45, 7) is 5.73. The molecule has 6 aromatic carbocycles. The van der Waals surface area contributed by atoms with Gasteiger partial charge in [0.2, 0.25) is 74.9 Å². The summed E-state index contributed by atoms with van der Waals surface area (Å²) in [4.78, 5) is 98.0. The summed E-state index contributed by atoms with van der Waals surface area (Å²) in [6, 6.07) is 66.2. The van der Waals surface area contributed by atoms with E-state index in [0.29, 0.717) is 105 Å². The first-order valence-corrected chi connectivity index (χ1v) is 42.2. The lowest BCUT2D eigenvalue weighted by Crippen LogP contribution is -2.40. The predicted octanol–water partition coefficient (Wildman–Crippen LogP) is 14.9. The van der Waals surface area contributed by atoms with Gasteiger partial charge in [0, 0.05) is 75.0 Å². The maximum Gasteiger partial charge on any atom is 0.276 e. The average Bonchev–Trinajstić information content (AvgIpc) is 1.60. The van der Waals surface area contributed by atoms with E-state index in [1.165, 1.54) is 10.6 Å². The number of aromatic nitrogens is 8. The van der Waals surface area contributed by atoms with Gasteiger partial charge >= 0.3 is 0 Å². The number of rotatable bonds is 20. The number of piperidine rings is 3. The van der Waals surface area contributed by atoms with Gasteiger partial charge in [0.15, 0.2) is 0 Å². The molecule has 126 heavy (non-hydrogen) atoms. The highest BCUT2D eigenvalue weighted by molar-refractivity contribution is 7.88. The van der Waals surface area contributed by atoms with Crippen molar-refractivity contribution in [3.63, 3.8) is 0 Å². The molecule has 0 radical (unpaired) electrons. The van der Waals surface area contributed by atoms with Crippen molar-refractivity contribution in [3.05, 3.63) is 279 Å². The minimum Gasteiger partial charge on any atom is -0.343 e. The molecule has 33 nitrogen and oxygen atoms in total. The van der Waals surface area contributed by atoms with Gasteiger partial charge in [-0.15, -0.1) is 0 Å². The summed E-state index contributed by atoms with van der Waals surface area (Å²) in [6.07, 6.45) is 19.5. The highest BCUT2D eigenvalue weighted by Gasteiger charge is 2.32. The fraction of sp³-hybridized carbons (Fsp3) is 0.228. The Kier molecular flexibility index (Phi) is 32.4. The lowest BCUT2D eigenvalue weighted by atomic mass is 9.96. The third kappa shape index (κ3) is 26.0. The van der Waals surface area contributed by atoms with Gasteiger partial charge in [-0.2, -0.15) is 0 Å². The van der Waals surface area contributed by atoms with Crippen LogP contribution in [0.1, 0.15) is 66.3 Å². The molecule has 0 spiro atoms. The molecular formula is C92H94N18O15S. The SMILES string of the molecule is CC(=O)N1CCC(C(=O)Nc2oncc2-c2ccccc2)CC1.CN(C)CC(=O)Nc1oncc1-c1ccccc1.CN1CCC(C(=O)Nc2oncc2-c2ccccc2)CC1.CS(=O)(=O)N1CCC(C(=O)Nc2oncc2-c2ccccc2)CC1.O=C(Nc1oncc1-c1ccccc1)c1ccccn1.O=C(Nc1oncc1-c1ccccc1)c1ccncc1. The number of anilines is 6. The molecule has 0 unspecified atom stereocenters. The Hall–Kier alpha value is -15.0. The number of carbonyl (C=O) groups excluding carboxylic acids is 7. The summed E-state index contributed by atoms with van der Waals surface area (Å²) >= 11 is 0. The molecule has 3 saturated heterocycles. The van der Waals surface area contributed by atoms with Crippen molar-refractivity contribution in [3.8, 4) is 66.8 Å². The standard InChI is InChI=1S/C17H19N3O3.C16H19N3O4S.C16H19N3O2.2C15H11N3O2.C13H15N3O2/c1-12(21)20-9-7-14(8-10-20)16(22)19-17-15(11-18-23-17)13-5-3-2-4-6-13;1-24(21,22)19-9-7-13(8-10-19)15(20)18-16-14(11-17-23-16)12-5-3-2-4-6-12;1-19-9-7-13(8-10-19)15(20)18-16-14(11-17-21-16)12-5-3-2-4-6-12;19-14(13-8-4-5-9-16-13)18-15-12(10-17-20-15)11-6-2-1-3-7-11;19-14(12-6-8-16-9-7-12)18-15-13(10-17-20-15)11-4-2-1-3-5-11;1-16(2)9-12(17)15-13-11(8-14-18-13)10-6-4-3-5-7-10/h2-6,11,14H,7-10H2,1H3,(H,19,22);2-6,11,13H,7-10H2,1H3,(H,18,20);2-6,11,13H,7-10H2,1H3,(H,18,20);2*1-10H,(H,18,19);3-8H,9H2,1-2H3,(H,15,17). The summed E-state index contributed by atoms with van der Waals surface area (Å²) in [7, 11) is 2.55. The lowest BCUT2D eigenvalue weighted by Gasteiger charge is -2.30.